The highest BCUT2D eigenvalue weighted by molar-refractivity contribution is 5.37. The van der Waals surface area contributed by atoms with E-state index in [-0.39, 0.29) is 0 Å². The smallest absolute Gasteiger partial charge is 0.159 e. The van der Waals surface area contributed by atoms with Gasteiger partial charge in [-0.2, -0.15) is 0 Å². The molecule has 1 unspecified atom stereocenters. The van der Waals surface area contributed by atoms with Crippen molar-refractivity contribution in [1.29, 1.82) is 0 Å². The first-order valence-electron chi connectivity index (χ1n) is 6.60. The van der Waals surface area contributed by atoms with E-state index in [0.717, 1.165) is 22.8 Å². The van der Waals surface area contributed by atoms with Crippen LogP contribution >= 0.6 is 0 Å². The van der Waals surface area contributed by atoms with Crippen LogP contribution in [0, 0.1) is 25.5 Å². The van der Waals surface area contributed by atoms with Crippen molar-refractivity contribution < 1.29 is 8.78 Å². The molecule has 0 aromatic heterocycles. The van der Waals surface area contributed by atoms with Crippen LogP contribution in [0.4, 0.5) is 8.78 Å². The molecule has 1 nitrogen and oxygen atoms in total. The Kier molecular flexibility index (Phi) is 3.91. The number of benzene rings is 2. The van der Waals surface area contributed by atoms with Crippen molar-refractivity contribution in [2.45, 2.75) is 32.7 Å². The van der Waals surface area contributed by atoms with Crippen molar-refractivity contribution >= 4 is 0 Å². The fourth-order valence-corrected chi connectivity index (χ4v) is 2.52. The van der Waals surface area contributed by atoms with Gasteiger partial charge in [0.05, 0.1) is 0 Å². The SMILES string of the molecule is Cc1ccc(C)c(C(C)(N)Cc2ccc(F)c(F)c2)c1. The van der Waals surface area contributed by atoms with Crippen LogP contribution in [0.15, 0.2) is 36.4 Å². The number of hydrogen-bond acceptors (Lipinski definition) is 1. The lowest BCUT2D eigenvalue weighted by molar-refractivity contribution is 0.478. The summed E-state index contributed by atoms with van der Waals surface area (Å²) >= 11 is 0. The average Bonchev–Trinajstić information content (AvgIpc) is 2.36. The molecule has 0 bridgehead atoms. The van der Waals surface area contributed by atoms with Gasteiger partial charge in [-0.05, 0) is 56.0 Å². The summed E-state index contributed by atoms with van der Waals surface area (Å²) in [4.78, 5) is 0. The molecular formula is C17H19F2N. The Morgan fingerprint density at radius 1 is 1.00 bits per heavy atom. The van der Waals surface area contributed by atoms with Crippen LogP contribution in [-0.4, -0.2) is 0 Å². The third kappa shape index (κ3) is 3.05. The average molecular weight is 275 g/mol. The minimum Gasteiger partial charge on any atom is -0.321 e. The van der Waals surface area contributed by atoms with Gasteiger partial charge in [0.15, 0.2) is 11.6 Å². The quantitative estimate of drug-likeness (QED) is 0.900. The molecule has 0 saturated carbocycles. The molecule has 2 rings (SSSR count). The van der Waals surface area contributed by atoms with Gasteiger partial charge in [-0.3, -0.25) is 0 Å². The van der Waals surface area contributed by atoms with Crippen LogP contribution in [0.2, 0.25) is 0 Å². The van der Waals surface area contributed by atoms with Crippen LogP contribution in [0.5, 0.6) is 0 Å². The molecule has 2 aromatic rings. The first-order chi connectivity index (χ1) is 9.29. The lowest BCUT2D eigenvalue weighted by Crippen LogP contribution is -2.36. The Bertz CT molecular complexity index is 633. The Hall–Kier alpha value is -1.74. The maximum Gasteiger partial charge on any atom is 0.159 e. The Labute approximate surface area is 118 Å². The van der Waals surface area contributed by atoms with Crippen molar-refractivity contribution in [3.8, 4) is 0 Å². The van der Waals surface area contributed by atoms with E-state index in [1.807, 2.05) is 32.9 Å². The predicted molar refractivity (Wildman–Crippen MR) is 77.5 cm³/mol. The van der Waals surface area contributed by atoms with Gasteiger partial charge in [0.2, 0.25) is 0 Å². The minimum atomic E-state index is -0.834. The molecule has 0 amide bonds. The van der Waals surface area contributed by atoms with E-state index in [1.54, 1.807) is 6.07 Å². The number of hydrogen-bond donors (Lipinski definition) is 1. The summed E-state index contributed by atoms with van der Waals surface area (Å²) in [5.74, 6) is -1.67. The highest BCUT2D eigenvalue weighted by Gasteiger charge is 2.24. The van der Waals surface area contributed by atoms with Gasteiger partial charge in [-0.25, -0.2) is 8.78 Å². The second kappa shape index (κ2) is 5.33. The van der Waals surface area contributed by atoms with E-state index < -0.39 is 17.2 Å². The van der Waals surface area contributed by atoms with E-state index in [0.29, 0.717) is 12.0 Å². The van der Waals surface area contributed by atoms with E-state index in [2.05, 4.69) is 6.07 Å². The largest absolute Gasteiger partial charge is 0.321 e. The van der Waals surface area contributed by atoms with Gasteiger partial charge >= 0.3 is 0 Å². The predicted octanol–water partition coefficient (Wildman–Crippen LogP) is 4.00. The molecule has 0 fully saturated rings. The second-order valence-corrected chi connectivity index (χ2v) is 5.66. The van der Waals surface area contributed by atoms with E-state index in [1.165, 1.54) is 6.07 Å². The van der Waals surface area contributed by atoms with E-state index in [9.17, 15) is 8.78 Å². The fourth-order valence-electron chi connectivity index (χ4n) is 2.52. The third-order valence-electron chi connectivity index (χ3n) is 3.56. The maximum absolute atomic E-state index is 13.3. The molecule has 0 heterocycles. The van der Waals surface area contributed by atoms with Gasteiger partial charge in [-0.15, -0.1) is 0 Å². The summed E-state index contributed by atoms with van der Waals surface area (Å²) in [5.41, 5.74) is 9.74. The highest BCUT2D eigenvalue weighted by Crippen LogP contribution is 2.27. The summed E-state index contributed by atoms with van der Waals surface area (Å²) in [7, 11) is 0. The van der Waals surface area contributed by atoms with Gasteiger partial charge in [0, 0.05) is 5.54 Å². The van der Waals surface area contributed by atoms with Gasteiger partial charge < -0.3 is 5.73 Å². The Morgan fingerprint density at radius 3 is 2.35 bits per heavy atom. The van der Waals surface area contributed by atoms with Crippen molar-refractivity contribution in [3.63, 3.8) is 0 Å². The fraction of sp³-hybridized carbons (Fsp3) is 0.294. The van der Waals surface area contributed by atoms with E-state index in [4.69, 9.17) is 5.73 Å². The van der Waals surface area contributed by atoms with Crippen LogP contribution < -0.4 is 5.73 Å². The molecule has 106 valence electrons. The summed E-state index contributed by atoms with van der Waals surface area (Å²) in [6, 6.07) is 10.0. The zero-order valence-corrected chi connectivity index (χ0v) is 12.0. The van der Waals surface area contributed by atoms with Crippen molar-refractivity contribution in [2.24, 2.45) is 5.73 Å². The molecular weight excluding hydrogens is 256 g/mol. The normalized spacial score (nSPS) is 14.1. The number of nitrogens with two attached hydrogens (primary N) is 1. The molecule has 2 N–H and O–H groups in total. The molecule has 0 radical (unpaired) electrons. The number of aryl methyl sites for hydroxylation is 2. The van der Waals surface area contributed by atoms with Crippen molar-refractivity contribution in [3.05, 3.63) is 70.3 Å². The van der Waals surface area contributed by atoms with Crippen LogP contribution in [-0.2, 0) is 12.0 Å². The van der Waals surface area contributed by atoms with Gasteiger partial charge in [0.1, 0.15) is 0 Å². The topological polar surface area (TPSA) is 26.0 Å². The zero-order valence-electron chi connectivity index (χ0n) is 12.0. The first-order valence-corrected chi connectivity index (χ1v) is 6.60. The molecule has 0 saturated heterocycles. The summed E-state index contributed by atoms with van der Waals surface area (Å²) in [6.45, 7) is 5.93. The molecule has 2 aromatic carbocycles. The summed E-state index contributed by atoms with van der Waals surface area (Å²) in [5, 5.41) is 0. The zero-order chi connectivity index (χ0) is 14.9. The van der Waals surface area contributed by atoms with E-state index >= 15 is 0 Å². The molecule has 0 aliphatic rings. The molecule has 20 heavy (non-hydrogen) atoms. The van der Waals surface area contributed by atoms with Gasteiger partial charge in [-0.1, -0.05) is 29.8 Å². The van der Waals surface area contributed by atoms with Crippen molar-refractivity contribution in [2.75, 3.05) is 0 Å². The number of halogens is 2. The van der Waals surface area contributed by atoms with Gasteiger partial charge in [0.25, 0.3) is 0 Å². The summed E-state index contributed by atoms with van der Waals surface area (Å²) < 4.78 is 26.2. The number of rotatable bonds is 3. The lowest BCUT2D eigenvalue weighted by atomic mass is 9.83. The highest BCUT2D eigenvalue weighted by atomic mass is 19.2. The second-order valence-electron chi connectivity index (χ2n) is 5.66. The van der Waals surface area contributed by atoms with Crippen LogP contribution in [0.3, 0.4) is 0 Å². The lowest BCUT2D eigenvalue weighted by Gasteiger charge is -2.28. The molecule has 0 aliphatic carbocycles. The first kappa shape index (κ1) is 14.7. The Morgan fingerprint density at radius 2 is 1.70 bits per heavy atom. The molecule has 1 atom stereocenters. The standard InChI is InChI=1S/C17H19F2N/c1-11-4-5-12(2)14(8-11)17(3,20)10-13-6-7-15(18)16(19)9-13/h4-9H,10,20H2,1-3H3. The minimum absolute atomic E-state index is 0.453. The maximum atomic E-state index is 13.3. The molecule has 0 aliphatic heterocycles. The molecule has 0 spiro atoms. The Balaban J connectivity index is 2.34. The van der Waals surface area contributed by atoms with Crippen molar-refractivity contribution in [1.82, 2.24) is 0 Å². The van der Waals surface area contributed by atoms with Crippen LogP contribution in [0.25, 0.3) is 0 Å². The van der Waals surface area contributed by atoms with Crippen LogP contribution in [0.1, 0.15) is 29.2 Å². The molecule has 3 heteroatoms. The monoisotopic (exact) mass is 275 g/mol. The summed E-state index contributed by atoms with van der Waals surface area (Å²) in [6.07, 6.45) is 0.453. The third-order valence-corrected chi connectivity index (χ3v) is 3.56.